The van der Waals surface area contributed by atoms with Gasteiger partial charge in [0.1, 0.15) is 0 Å². The fraction of sp³-hybridized carbons (Fsp3) is 0.360. The maximum Gasteiger partial charge on any atom is 0.170 e. The summed E-state index contributed by atoms with van der Waals surface area (Å²) in [5.74, 6) is 0. The third-order valence-electron chi connectivity index (χ3n) is 6.07. The number of unbranched alkanes of at least 4 members (excludes halogenated alkanes) is 1. The first kappa shape index (κ1) is 20.6. The lowest BCUT2D eigenvalue weighted by Gasteiger charge is -2.28. The number of benzene rings is 1. The second-order valence-electron chi connectivity index (χ2n) is 8.07. The third-order valence-corrected chi connectivity index (χ3v) is 6.42. The molecule has 1 aromatic carbocycles. The lowest BCUT2D eigenvalue weighted by Crippen LogP contribution is -2.30. The Bertz CT molecular complexity index is 997. The first-order valence-electron chi connectivity index (χ1n) is 10.8. The van der Waals surface area contributed by atoms with Crippen LogP contribution < -0.4 is 5.32 Å². The van der Waals surface area contributed by atoms with Gasteiger partial charge in [-0.15, -0.1) is 0 Å². The Morgan fingerprint density at radius 3 is 2.53 bits per heavy atom. The van der Waals surface area contributed by atoms with E-state index in [9.17, 15) is 0 Å². The molecule has 0 bridgehead atoms. The summed E-state index contributed by atoms with van der Waals surface area (Å²) in [4.78, 5) is 7.02. The molecule has 5 heteroatoms. The van der Waals surface area contributed by atoms with Crippen molar-refractivity contribution in [2.75, 3.05) is 6.54 Å². The topological polar surface area (TPSA) is 33.1 Å². The quantitative estimate of drug-likeness (QED) is 0.527. The van der Waals surface area contributed by atoms with Crippen molar-refractivity contribution >= 4 is 17.3 Å². The molecule has 1 fully saturated rings. The highest BCUT2D eigenvalue weighted by atomic mass is 32.1. The van der Waals surface area contributed by atoms with Crippen LogP contribution in [0.3, 0.4) is 0 Å². The number of thiocarbonyl (C=S) groups is 1. The van der Waals surface area contributed by atoms with Gasteiger partial charge in [-0.05, 0) is 61.8 Å². The number of aromatic nitrogens is 2. The van der Waals surface area contributed by atoms with Crippen molar-refractivity contribution in [1.82, 2.24) is 19.8 Å². The van der Waals surface area contributed by atoms with Gasteiger partial charge in [-0.2, -0.15) is 0 Å². The number of nitrogens with one attached hydrogen (secondary N) is 1. The molecule has 2 aromatic heterocycles. The van der Waals surface area contributed by atoms with E-state index >= 15 is 0 Å². The number of pyridine rings is 1. The van der Waals surface area contributed by atoms with E-state index in [1.807, 2.05) is 12.3 Å². The molecular formula is C25H30N4S. The van der Waals surface area contributed by atoms with E-state index in [4.69, 9.17) is 12.2 Å². The van der Waals surface area contributed by atoms with Crippen LogP contribution in [-0.4, -0.2) is 26.1 Å². The van der Waals surface area contributed by atoms with Gasteiger partial charge >= 0.3 is 0 Å². The smallest absolute Gasteiger partial charge is 0.170 e. The Balaban J connectivity index is 1.74. The Morgan fingerprint density at radius 2 is 1.83 bits per heavy atom. The number of aryl methyl sites for hydroxylation is 1. The van der Waals surface area contributed by atoms with Crippen LogP contribution in [0.25, 0.3) is 0 Å². The van der Waals surface area contributed by atoms with Gasteiger partial charge in [0.2, 0.25) is 0 Å². The maximum atomic E-state index is 5.78. The molecule has 4 rings (SSSR count). The van der Waals surface area contributed by atoms with E-state index in [2.05, 4.69) is 89.1 Å². The molecule has 0 amide bonds. The number of rotatable bonds is 7. The molecular weight excluding hydrogens is 388 g/mol. The Labute approximate surface area is 184 Å². The molecule has 0 saturated carbocycles. The van der Waals surface area contributed by atoms with Gasteiger partial charge in [-0.1, -0.05) is 49.7 Å². The summed E-state index contributed by atoms with van der Waals surface area (Å²) < 4.78 is 2.42. The monoisotopic (exact) mass is 418 g/mol. The van der Waals surface area contributed by atoms with Gasteiger partial charge < -0.3 is 14.8 Å². The molecule has 156 valence electrons. The lowest BCUT2D eigenvalue weighted by molar-refractivity contribution is 0.311. The second kappa shape index (κ2) is 9.00. The van der Waals surface area contributed by atoms with Crippen molar-refractivity contribution in [3.63, 3.8) is 0 Å². The largest absolute Gasteiger partial charge is 0.352 e. The molecule has 4 nitrogen and oxygen atoms in total. The van der Waals surface area contributed by atoms with Crippen LogP contribution in [0.15, 0.2) is 60.8 Å². The molecule has 3 aromatic rings. The summed E-state index contributed by atoms with van der Waals surface area (Å²) in [7, 11) is 0. The van der Waals surface area contributed by atoms with Crippen molar-refractivity contribution in [1.29, 1.82) is 0 Å². The van der Waals surface area contributed by atoms with Crippen LogP contribution in [0.5, 0.6) is 0 Å². The molecule has 0 unspecified atom stereocenters. The molecule has 0 aliphatic carbocycles. The summed E-state index contributed by atoms with van der Waals surface area (Å²) in [5.41, 5.74) is 6.27. The molecule has 0 spiro atoms. The van der Waals surface area contributed by atoms with Crippen molar-refractivity contribution < 1.29 is 0 Å². The average Bonchev–Trinajstić information content (AvgIpc) is 3.24. The number of hydrogen-bond acceptors (Lipinski definition) is 2. The minimum atomic E-state index is 0.0567. The van der Waals surface area contributed by atoms with Crippen molar-refractivity contribution in [3.05, 3.63) is 89.0 Å². The Kier molecular flexibility index (Phi) is 6.18. The second-order valence-corrected chi connectivity index (χ2v) is 8.46. The highest BCUT2D eigenvalue weighted by molar-refractivity contribution is 7.80. The summed E-state index contributed by atoms with van der Waals surface area (Å²) in [5, 5.41) is 4.40. The lowest BCUT2D eigenvalue weighted by atomic mass is 9.96. The molecule has 3 heterocycles. The fourth-order valence-electron chi connectivity index (χ4n) is 4.45. The summed E-state index contributed by atoms with van der Waals surface area (Å²) in [6.07, 6.45) is 4.13. The van der Waals surface area contributed by atoms with E-state index < -0.39 is 0 Å². The van der Waals surface area contributed by atoms with Crippen LogP contribution in [0, 0.1) is 13.8 Å². The Hall–Kier alpha value is -2.66. The standard InChI is InChI=1S/C25H30N4S/c1-4-5-15-28-24(23(27-25(28)30)22-13-9-10-14-26-22)21-16-18(2)29(19(21)3)17-20-11-7-6-8-12-20/h6-14,16,23-24H,4-5,15,17H2,1-3H3,(H,27,30)/t23-,24-/m1/s1. The van der Waals surface area contributed by atoms with Crippen LogP contribution in [0.1, 0.15) is 60.1 Å². The normalized spacial score (nSPS) is 18.6. The van der Waals surface area contributed by atoms with E-state index in [0.29, 0.717) is 0 Å². The summed E-state index contributed by atoms with van der Waals surface area (Å²) >= 11 is 5.78. The Morgan fingerprint density at radius 1 is 1.07 bits per heavy atom. The molecule has 30 heavy (non-hydrogen) atoms. The first-order valence-corrected chi connectivity index (χ1v) is 11.2. The number of hydrogen-bond donors (Lipinski definition) is 1. The van der Waals surface area contributed by atoms with Gasteiger partial charge in [-0.25, -0.2) is 0 Å². The molecule has 1 aliphatic heterocycles. The molecule has 0 radical (unpaired) electrons. The highest BCUT2D eigenvalue weighted by Gasteiger charge is 2.40. The van der Waals surface area contributed by atoms with Crippen molar-refractivity contribution in [3.8, 4) is 0 Å². The predicted octanol–water partition coefficient (Wildman–Crippen LogP) is 5.32. The zero-order valence-corrected chi connectivity index (χ0v) is 18.8. The van der Waals surface area contributed by atoms with E-state index in [0.717, 1.165) is 36.7 Å². The van der Waals surface area contributed by atoms with Gasteiger partial charge in [0, 0.05) is 30.7 Å². The van der Waals surface area contributed by atoms with Gasteiger partial charge in [0.25, 0.3) is 0 Å². The highest BCUT2D eigenvalue weighted by Crippen LogP contribution is 2.41. The molecule has 2 atom stereocenters. The first-order chi connectivity index (χ1) is 14.6. The zero-order chi connectivity index (χ0) is 21.1. The van der Waals surface area contributed by atoms with Crippen molar-refractivity contribution in [2.24, 2.45) is 0 Å². The molecule has 1 aliphatic rings. The summed E-state index contributed by atoms with van der Waals surface area (Å²) in [6, 6.07) is 19.3. The zero-order valence-electron chi connectivity index (χ0n) is 18.0. The van der Waals surface area contributed by atoms with Gasteiger partial charge in [0.05, 0.1) is 17.8 Å². The minimum Gasteiger partial charge on any atom is -0.352 e. The molecule has 1 saturated heterocycles. The van der Waals surface area contributed by atoms with E-state index in [1.54, 1.807) is 0 Å². The summed E-state index contributed by atoms with van der Waals surface area (Å²) in [6.45, 7) is 8.50. The van der Waals surface area contributed by atoms with Crippen LogP contribution in [-0.2, 0) is 6.54 Å². The van der Waals surface area contributed by atoms with Crippen molar-refractivity contribution in [2.45, 2.75) is 52.2 Å². The average molecular weight is 419 g/mol. The van der Waals surface area contributed by atoms with Crippen LogP contribution in [0.4, 0.5) is 0 Å². The predicted molar refractivity (Wildman–Crippen MR) is 127 cm³/mol. The third kappa shape index (κ3) is 3.99. The maximum absolute atomic E-state index is 5.78. The van der Waals surface area contributed by atoms with Gasteiger partial charge in [-0.3, -0.25) is 4.98 Å². The fourth-order valence-corrected chi connectivity index (χ4v) is 4.78. The molecule has 1 N–H and O–H groups in total. The SMILES string of the molecule is CCCCN1C(=S)N[C@H](c2ccccn2)[C@H]1c1cc(C)n(Cc2ccccc2)c1C. The van der Waals surface area contributed by atoms with E-state index in [-0.39, 0.29) is 12.1 Å². The number of nitrogens with zero attached hydrogens (tertiary/aromatic N) is 3. The van der Waals surface area contributed by atoms with Gasteiger partial charge in [0.15, 0.2) is 5.11 Å². The minimum absolute atomic E-state index is 0.0567. The van der Waals surface area contributed by atoms with Crippen LogP contribution in [0.2, 0.25) is 0 Å². The van der Waals surface area contributed by atoms with E-state index in [1.165, 1.54) is 22.5 Å². The van der Waals surface area contributed by atoms with Crippen LogP contribution >= 0.6 is 12.2 Å².